The van der Waals surface area contributed by atoms with Gasteiger partial charge in [-0.25, -0.2) is 0 Å². The summed E-state index contributed by atoms with van der Waals surface area (Å²) in [6.45, 7) is -0.666. The first-order valence-corrected chi connectivity index (χ1v) is 5.04. The molecule has 2 aromatic rings. The molecule has 0 N–H and O–H groups in total. The highest BCUT2D eigenvalue weighted by molar-refractivity contribution is 5.83. The van der Waals surface area contributed by atoms with E-state index < -0.39 is 6.48 Å². The Morgan fingerprint density at radius 3 is 2.25 bits per heavy atom. The Balaban J connectivity index is 2.25. The van der Waals surface area contributed by atoms with Crippen molar-refractivity contribution in [1.82, 2.24) is 0 Å². The molecule has 3 heteroatoms. The first-order chi connectivity index (χ1) is 7.83. The van der Waals surface area contributed by atoms with Gasteiger partial charge in [0.1, 0.15) is 5.75 Å². The maximum atomic E-state index is 5.48. The van der Waals surface area contributed by atoms with Gasteiger partial charge in [-0.1, -0.05) is 30.3 Å². The van der Waals surface area contributed by atoms with Gasteiger partial charge in [0.25, 0.3) is 0 Å². The standard InChI is InChI=1S/C13H14O3/c1-14-13(15-2)16-12-8-7-10-5-3-4-6-11(10)9-12/h3-9,13H,1-2H3. The Labute approximate surface area is 94.5 Å². The Morgan fingerprint density at radius 2 is 1.56 bits per heavy atom. The van der Waals surface area contributed by atoms with Gasteiger partial charge in [-0.2, -0.15) is 0 Å². The summed E-state index contributed by atoms with van der Waals surface area (Å²) in [6.07, 6.45) is 0. The fourth-order valence-electron chi connectivity index (χ4n) is 1.54. The maximum absolute atomic E-state index is 5.48. The average Bonchev–Trinajstić information content (AvgIpc) is 2.35. The van der Waals surface area contributed by atoms with Crippen LogP contribution in [0.4, 0.5) is 0 Å². The van der Waals surface area contributed by atoms with Crippen molar-refractivity contribution in [3.63, 3.8) is 0 Å². The van der Waals surface area contributed by atoms with E-state index in [1.807, 2.05) is 36.4 Å². The minimum Gasteiger partial charge on any atom is -0.441 e. The van der Waals surface area contributed by atoms with Gasteiger partial charge < -0.3 is 14.2 Å². The van der Waals surface area contributed by atoms with Crippen LogP contribution in [0.15, 0.2) is 42.5 Å². The molecule has 0 atom stereocenters. The number of ether oxygens (including phenoxy) is 3. The van der Waals surface area contributed by atoms with Gasteiger partial charge in [-0.15, -0.1) is 0 Å². The smallest absolute Gasteiger partial charge is 0.315 e. The minimum absolute atomic E-state index is 0.666. The zero-order valence-electron chi connectivity index (χ0n) is 9.34. The van der Waals surface area contributed by atoms with E-state index in [9.17, 15) is 0 Å². The molecule has 0 amide bonds. The van der Waals surface area contributed by atoms with Crippen LogP contribution >= 0.6 is 0 Å². The van der Waals surface area contributed by atoms with Crippen molar-refractivity contribution >= 4 is 10.8 Å². The Hall–Kier alpha value is -1.58. The number of fused-ring (bicyclic) bond motifs is 1. The second-order valence-electron chi connectivity index (χ2n) is 3.39. The van der Waals surface area contributed by atoms with Crippen LogP contribution in [0.5, 0.6) is 5.75 Å². The predicted molar refractivity (Wildman–Crippen MR) is 62.4 cm³/mol. The van der Waals surface area contributed by atoms with Gasteiger partial charge in [-0.3, -0.25) is 0 Å². The lowest BCUT2D eigenvalue weighted by Crippen LogP contribution is -2.20. The zero-order valence-corrected chi connectivity index (χ0v) is 9.34. The van der Waals surface area contributed by atoms with Gasteiger partial charge in [-0.05, 0) is 22.9 Å². The van der Waals surface area contributed by atoms with E-state index in [2.05, 4.69) is 6.07 Å². The van der Waals surface area contributed by atoms with Crippen molar-refractivity contribution in [2.45, 2.75) is 6.48 Å². The van der Waals surface area contributed by atoms with Gasteiger partial charge in [0.2, 0.25) is 0 Å². The third-order valence-electron chi connectivity index (χ3n) is 2.34. The SMILES string of the molecule is COC(OC)Oc1ccc2ccccc2c1. The average molecular weight is 218 g/mol. The van der Waals surface area contributed by atoms with Crippen LogP contribution in [-0.4, -0.2) is 20.7 Å². The molecule has 2 rings (SSSR count). The van der Waals surface area contributed by atoms with Crippen LogP contribution in [0, 0.1) is 0 Å². The molecule has 3 nitrogen and oxygen atoms in total. The third-order valence-corrected chi connectivity index (χ3v) is 2.34. The first kappa shape index (κ1) is 10.9. The van der Waals surface area contributed by atoms with E-state index in [-0.39, 0.29) is 0 Å². The van der Waals surface area contributed by atoms with Gasteiger partial charge in [0.15, 0.2) is 0 Å². The van der Waals surface area contributed by atoms with Gasteiger partial charge >= 0.3 is 6.48 Å². The molecule has 0 spiro atoms. The third kappa shape index (κ3) is 2.32. The molecule has 2 aromatic carbocycles. The number of hydrogen-bond donors (Lipinski definition) is 0. The molecular formula is C13H14O3. The van der Waals surface area contributed by atoms with Gasteiger partial charge in [0.05, 0.1) is 0 Å². The van der Waals surface area contributed by atoms with Gasteiger partial charge in [0, 0.05) is 14.2 Å². The molecule has 0 heterocycles. The molecule has 0 aliphatic rings. The molecule has 0 saturated carbocycles. The summed E-state index contributed by atoms with van der Waals surface area (Å²) >= 11 is 0. The fraction of sp³-hybridized carbons (Fsp3) is 0.231. The van der Waals surface area contributed by atoms with Crippen molar-refractivity contribution in [3.05, 3.63) is 42.5 Å². The van der Waals surface area contributed by atoms with Crippen molar-refractivity contribution in [1.29, 1.82) is 0 Å². The van der Waals surface area contributed by atoms with Crippen LogP contribution < -0.4 is 4.74 Å². The van der Waals surface area contributed by atoms with Crippen molar-refractivity contribution in [3.8, 4) is 5.75 Å². The number of methoxy groups -OCH3 is 2. The van der Waals surface area contributed by atoms with E-state index in [1.165, 1.54) is 19.6 Å². The normalized spacial score (nSPS) is 10.9. The summed E-state index contributed by atoms with van der Waals surface area (Å²) in [4.78, 5) is 0. The molecule has 0 aliphatic carbocycles. The largest absolute Gasteiger partial charge is 0.441 e. The van der Waals surface area contributed by atoms with E-state index >= 15 is 0 Å². The lowest BCUT2D eigenvalue weighted by Gasteiger charge is -2.15. The second kappa shape index (κ2) is 4.96. The summed E-state index contributed by atoms with van der Waals surface area (Å²) < 4.78 is 15.4. The van der Waals surface area contributed by atoms with Crippen molar-refractivity contribution in [2.24, 2.45) is 0 Å². The quantitative estimate of drug-likeness (QED) is 0.738. The summed E-state index contributed by atoms with van der Waals surface area (Å²) in [5.41, 5.74) is 0. The second-order valence-corrected chi connectivity index (χ2v) is 3.39. The zero-order chi connectivity index (χ0) is 11.4. The Bertz CT molecular complexity index is 463. The summed E-state index contributed by atoms with van der Waals surface area (Å²) in [7, 11) is 3.07. The Kier molecular flexibility index (Phi) is 3.39. The van der Waals surface area contributed by atoms with Crippen molar-refractivity contribution < 1.29 is 14.2 Å². The molecule has 16 heavy (non-hydrogen) atoms. The number of benzene rings is 2. The topological polar surface area (TPSA) is 27.7 Å². The highest BCUT2D eigenvalue weighted by atomic mass is 16.8. The van der Waals surface area contributed by atoms with Crippen LogP contribution in [0.2, 0.25) is 0 Å². The van der Waals surface area contributed by atoms with Crippen LogP contribution in [0.1, 0.15) is 0 Å². The van der Waals surface area contributed by atoms with E-state index in [4.69, 9.17) is 14.2 Å². The maximum Gasteiger partial charge on any atom is 0.315 e. The van der Waals surface area contributed by atoms with E-state index in [0.717, 1.165) is 11.1 Å². The summed E-state index contributed by atoms with van der Waals surface area (Å²) in [5, 5.41) is 2.31. The molecule has 0 saturated heterocycles. The minimum atomic E-state index is -0.666. The van der Waals surface area contributed by atoms with Crippen LogP contribution in [0.25, 0.3) is 10.8 Å². The molecule has 0 unspecified atom stereocenters. The van der Waals surface area contributed by atoms with Crippen LogP contribution in [0.3, 0.4) is 0 Å². The van der Waals surface area contributed by atoms with Crippen molar-refractivity contribution in [2.75, 3.05) is 14.2 Å². The highest BCUT2D eigenvalue weighted by Gasteiger charge is 2.06. The molecule has 0 fully saturated rings. The highest BCUT2D eigenvalue weighted by Crippen LogP contribution is 2.21. The lowest BCUT2D eigenvalue weighted by atomic mass is 10.1. The fourth-order valence-corrected chi connectivity index (χ4v) is 1.54. The molecule has 0 aromatic heterocycles. The molecule has 84 valence electrons. The monoisotopic (exact) mass is 218 g/mol. The number of rotatable bonds is 4. The lowest BCUT2D eigenvalue weighted by molar-refractivity contribution is -0.219. The summed E-state index contributed by atoms with van der Waals surface area (Å²) in [5.74, 6) is 0.729. The predicted octanol–water partition coefficient (Wildman–Crippen LogP) is 2.80. The molecular weight excluding hydrogens is 204 g/mol. The molecule has 0 radical (unpaired) electrons. The van der Waals surface area contributed by atoms with E-state index in [1.54, 1.807) is 0 Å². The first-order valence-electron chi connectivity index (χ1n) is 5.04. The molecule has 0 aliphatic heterocycles. The molecule has 0 bridgehead atoms. The summed E-state index contributed by atoms with van der Waals surface area (Å²) in [6, 6.07) is 14.0. The van der Waals surface area contributed by atoms with Crippen LogP contribution in [-0.2, 0) is 9.47 Å². The number of hydrogen-bond acceptors (Lipinski definition) is 3. The van der Waals surface area contributed by atoms with E-state index in [0.29, 0.717) is 0 Å². The Morgan fingerprint density at radius 1 is 0.875 bits per heavy atom.